The molecular weight excluding hydrogens is 369 g/mol. The van der Waals surface area contributed by atoms with Crippen molar-refractivity contribution in [2.24, 2.45) is 5.16 Å². The van der Waals surface area contributed by atoms with Crippen molar-refractivity contribution in [3.05, 3.63) is 48.7 Å². The molecule has 0 fully saturated rings. The van der Waals surface area contributed by atoms with Crippen LogP contribution in [0, 0.1) is 0 Å². The molecule has 1 aromatic heterocycles. The summed E-state index contributed by atoms with van der Waals surface area (Å²) >= 11 is 1.60. The molecule has 1 aliphatic heterocycles. The summed E-state index contributed by atoms with van der Waals surface area (Å²) in [5.41, 5.74) is 0. The van der Waals surface area contributed by atoms with Gasteiger partial charge in [0, 0.05) is 0 Å². The van der Waals surface area contributed by atoms with Gasteiger partial charge in [0.1, 0.15) is 17.6 Å². The molecular formula is C17H17F3N2O3S. The van der Waals surface area contributed by atoms with Gasteiger partial charge in [-0.2, -0.15) is 0 Å². The van der Waals surface area contributed by atoms with Crippen LogP contribution in [0.1, 0.15) is 13.3 Å². The van der Waals surface area contributed by atoms with Crippen molar-refractivity contribution in [3.8, 4) is 11.5 Å². The zero-order chi connectivity index (χ0) is 19.0. The fraction of sp³-hybridized carbons (Fsp3) is 0.294. The molecule has 3 rings (SSSR count). The summed E-state index contributed by atoms with van der Waals surface area (Å²) in [5.74, 6) is 1.12. The van der Waals surface area contributed by atoms with Crippen LogP contribution in [0.25, 0.3) is 0 Å². The fourth-order valence-electron chi connectivity index (χ4n) is 1.84. The Morgan fingerprint density at radius 1 is 1.12 bits per heavy atom. The zero-order valence-corrected chi connectivity index (χ0v) is 14.9. The van der Waals surface area contributed by atoms with Crippen molar-refractivity contribution < 1.29 is 27.5 Å². The van der Waals surface area contributed by atoms with Crippen LogP contribution in [0.3, 0.4) is 0 Å². The van der Waals surface area contributed by atoms with Crippen LogP contribution in [0.4, 0.5) is 13.2 Å². The highest BCUT2D eigenvalue weighted by Gasteiger charge is 2.30. The fourth-order valence-corrected chi connectivity index (χ4v) is 2.20. The SMILES string of the molecule is CSc1ccc(OC2=NOC(C)C2)cn1.FC(F)(F)Oc1ccccc1. The van der Waals surface area contributed by atoms with Gasteiger partial charge in [-0.25, -0.2) is 4.98 Å². The summed E-state index contributed by atoms with van der Waals surface area (Å²) < 4.78 is 43.7. The normalized spacial score (nSPS) is 16.0. The first-order valence-electron chi connectivity index (χ1n) is 7.57. The van der Waals surface area contributed by atoms with Crippen molar-refractivity contribution in [2.75, 3.05) is 6.26 Å². The highest BCUT2D eigenvalue weighted by molar-refractivity contribution is 7.98. The number of oxime groups is 1. The molecule has 26 heavy (non-hydrogen) atoms. The van der Waals surface area contributed by atoms with Crippen LogP contribution < -0.4 is 9.47 Å². The van der Waals surface area contributed by atoms with E-state index in [9.17, 15) is 13.2 Å². The molecule has 2 aromatic rings. The Hall–Kier alpha value is -2.42. The lowest BCUT2D eigenvalue weighted by atomic mass is 10.3. The number of aromatic nitrogens is 1. The van der Waals surface area contributed by atoms with E-state index in [-0.39, 0.29) is 11.9 Å². The van der Waals surface area contributed by atoms with Gasteiger partial charge in [0.15, 0.2) is 0 Å². The lowest BCUT2D eigenvalue weighted by molar-refractivity contribution is -0.274. The van der Waals surface area contributed by atoms with E-state index in [0.717, 1.165) is 5.03 Å². The maximum Gasteiger partial charge on any atom is 0.573 e. The number of para-hydroxylation sites is 1. The first-order valence-corrected chi connectivity index (χ1v) is 8.79. The lowest BCUT2D eigenvalue weighted by Gasteiger charge is -2.07. The summed E-state index contributed by atoms with van der Waals surface area (Å²) in [5, 5.41) is 4.79. The van der Waals surface area contributed by atoms with Crippen LogP contribution in [0.2, 0.25) is 0 Å². The quantitative estimate of drug-likeness (QED) is 0.703. The Morgan fingerprint density at radius 3 is 2.35 bits per heavy atom. The second-order valence-electron chi connectivity index (χ2n) is 5.10. The summed E-state index contributed by atoms with van der Waals surface area (Å²) in [7, 11) is 0. The molecule has 0 saturated carbocycles. The molecule has 0 spiro atoms. The van der Waals surface area contributed by atoms with Gasteiger partial charge in [-0.3, -0.25) is 0 Å². The molecule has 2 heterocycles. The summed E-state index contributed by atoms with van der Waals surface area (Å²) in [4.78, 5) is 9.22. The molecule has 0 amide bonds. The van der Waals surface area contributed by atoms with Gasteiger partial charge < -0.3 is 14.3 Å². The van der Waals surface area contributed by atoms with Crippen LogP contribution in [0.15, 0.2) is 58.8 Å². The van der Waals surface area contributed by atoms with E-state index in [0.29, 0.717) is 18.1 Å². The van der Waals surface area contributed by atoms with Crippen molar-refractivity contribution in [1.82, 2.24) is 4.98 Å². The minimum Gasteiger partial charge on any atom is -0.438 e. The maximum atomic E-state index is 11.5. The number of pyridine rings is 1. The van der Waals surface area contributed by atoms with Crippen LogP contribution in [-0.4, -0.2) is 29.6 Å². The molecule has 9 heteroatoms. The summed E-state index contributed by atoms with van der Waals surface area (Å²) in [6, 6.07) is 10.8. The monoisotopic (exact) mass is 386 g/mol. The molecule has 0 N–H and O–H groups in total. The molecule has 140 valence electrons. The molecule has 1 aromatic carbocycles. The van der Waals surface area contributed by atoms with Gasteiger partial charge in [-0.1, -0.05) is 23.4 Å². The van der Waals surface area contributed by atoms with E-state index in [1.54, 1.807) is 24.0 Å². The second-order valence-corrected chi connectivity index (χ2v) is 5.93. The first-order chi connectivity index (χ1) is 12.4. The number of halogens is 3. The Labute approximate surface area is 153 Å². The van der Waals surface area contributed by atoms with E-state index < -0.39 is 6.36 Å². The zero-order valence-electron chi connectivity index (χ0n) is 14.1. The molecule has 5 nitrogen and oxygen atoms in total. The minimum atomic E-state index is -4.60. The largest absolute Gasteiger partial charge is 0.573 e. The topological polar surface area (TPSA) is 52.9 Å². The van der Waals surface area contributed by atoms with Crippen LogP contribution >= 0.6 is 11.8 Å². The van der Waals surface area contributed by atoms with Crippen molar-refractivity contribution in [2.45, 2.75) is 30.8 Å². The summed E-state index contributed by atoms with van der Waals surface area (Å²) in [6.45, 7) is 1.95. The number of hydrogen-bond acceptors (Lipinski definition) is 6. The third kappa shape index (κ3) is 7.22. The maximum absolute atomic E-state index is 11.5. The van der Waals surface area contributed by atoms with Gasteiger partial charge in [0.2, 0.25) is 5.90 Å². The Kier molecular flexibility index (Phi) is 7.14. The molecule has 0 saturated heterocycles. The van der Waals surface area contributed by atoms with Crippen molar-refractivity contribution in [1.29, 1.82) is 0 Å². The predicted octanol–water partition coefficient (Wildman–Crippen LogP) is 4.89. The number of hydrogen-bond donors (Lipinski definition) is 0. The lowest BCUT2D eigenvalue weighted by Crippen LogP contribution is -2.16. The highest BCUT2D eigenvalue weighted by atomic mass is 32.2. The average Bonchev–Trinajstić information content (AvgIpc) is 3.00. The molecule has 1 atom stereocenters. The minimum absolute atomic E-state index is 0.110. The number of ether oxygens (including phenoxy) is 2. The van der Waals surface area contributed by atoms with Crippen molar-refractivity contribution in [3.63, 3.8) is 0 Å². The highest BCUT2D eigenvalue weighted by Crippen LogP contribution is 2.21. The standard InChI is InChI=1S/C10H12N2O2S.C7H5F3O/c1-7-5-9(12-14-7)13-8-3-4-10(15-2)11-6-8;8-7(9,10)11-6-4-2-1-3-5-6/h3-4,6-7H,5H2,1-2H3;1-5H. The Morgan fingerprint density at radius 2 is 1.85 bits per heavy atom. The Balaban J connectivity index is 0.000000197. The number of benzene rings is 1. The van der Waals surface area contributed by atoms with Gasteiger partial charge in [-0.15, -0.1) is 24.9 Å². The molecule has 1 aliphatic rings. The average molecular weight is 386 g/mol. The third-order valence-electron chi connectivity index (χ3n) is 2.93. The van der Waals surface area contributed by atoms with Gasteiger partial charge in [0.05, 0.1) is 17.6 Å². The molecule has 0 aliphatic carbocycles. The number of rotatable bonds is 3. The third-order valence-corrected chi connectivity index (χ3v) is 3.59. The van der Waals surface area contributed by atoms with Crippen LogP contribution in [-0.2, 0) is 4.84 Å². The molecule has 0 radical (unpaired) electrons. The predicted molar refractivity (Wildman–Crippen MR) is 92.4 cm³/mol. The van der Waals surface area contributed by atoms with E-state index >= 15 is 0 Å². The van der Waals surface area contributed by atoms with E-state index in [1.165, 1.54) is 24.3 Å². The smallest absolute Gasteiger partial charge is 0.438 e. The number of thioether (sulfide) groups is 1. The Bertz CT molecular complexity index is 709. The first kappa shape index (κ1) is 19.9. The van der Waals surface area contributed by atoms with Crippen LogP contribution in [0.5, 0.6) is 11.5 Å². The molecule has 0 bridgehead atoms. The van der Waals surface area contributed by atoms with Gasteiger partial charge in [-0.05, 0) is 37.4 Å². The van der Waals surface area contributed by atoms with Crippen molar-refractivity contribution >= 4 is 17.7 Å². The van der Waals surface area contributed by atoms with E-state index in [4.69, 9.17) is 9.57 Å². The molecule has 1 unspecified atom stereocenters. The van der Waals surface area contributed by atoms with Gasteiger partial charge in [0.25, 0.3) is 0 Å². The number of alkyl halides is 3. The number of nitrogens with zero attached hydrogens (tertiary/aromatic N) is 2. The summed E-state index contributed by atoms with van der Waals surface area (Å²) in [6.07, 6.45) is -0.0963. The van der Waals surface area contributed by atoms with Gasteiger partial charge >= 0.3 is 6.36 Å². The van der Waals surface area contributed by atoms with E-state index in [1.807, 2.05) is 25.3 Å². The second kappa shape index (κ2) is 9.33. The van der Waals surface area contributed by atoms with E-state index in [2.05, 4.69) is 14.9 Å².